The molecule has 0 saturated heterocycles. The number of amides is 5. The molecule has 0 radical (unpaired) electrons. The Morgan fingerprint density at radius 3 is 1.58 bits per heavy atom. The summed E-state index contributed by atoms with van der Waals surface area (Å²) in [6.45, 7) is 0.580. The summed E-state index contributed by atoms with van der Waals surface area (Å²) >= 11 is 0. The predicted molar refractivity (Wildman–Crippen MR) is 262 cm³/mol. The zero-order chi connectivity index (χ0) is 49.7. The fraction of sp³-hybridized carbons (Fsp3) is 0.340. The van der Waals surface area contributed by atoms with E-state index < -0.39 is 71.8 Å². The zero-order valence-corrected chi connectivity index (χ0v) is 38.3. The molecule has 0 spiro atoms. The van der Waals surface area contributed by atoms with E-state index in [1.54, 1.807) is 79.0 Å². The highest BCUT2D eigenvalue weighted by atomic mass is 16.4. The van der Waals surface area contributed by atoms with Gasteiger partial charge in [-0.1, -0.05) is 97.4 Å². The lowest BCUT2D eigenvalue weighted by Crippen LogP contribution is -2.60. The topological polar surface area (TPSA) is 335 Å². The van der Waals surface area contributed by atoms with Gasteiger partial charge in [0.15, 0.2) is 5.96 Å². The average Bonchev–Trinajstić information content (AvgIpc) is 3.75. The standard InChI is InChI=1S/C50H63N11O8/c51-24-10-9-17-37(52)44(63)57-39(19-11-25-55-50(53)54)45(64)60-42(29-34-30-56-38-18-8-7-16-36(34)38)48(67)59-40(26-31-12-3-1-4-13-31)46(65)58-41(27-32-14-5-2-6-15-32)47(66)61-43(49(68)69)28-33-20-22-35(62)23-21-33/h1-8,12-16,18,20-23,30,37,39-43,56,62H,9-11,17,19,24-29,51-52H2,(H,57,63)(H,58,65)(H,59,67)(H,60,64)(H,61,66)(H,68,69)(H4,53,54,55)/t37-,39-,40-,41-,42-,43-/m0/s1. The van der Waals surface area contributed by atoms with Crippen LogP contribution in [0, 0.1) is 0 Å². The molecule has 16 N–H and O–H groups in total. The van der Waals surface area contributed by atoms with Gasteiger partial charge in [0.1, 0.15) is 36.0 Å². The first-order valence-corrected chi connectivity index (χ1v) is 22.9. The number of hydrogen-bond donors (Lipinski definition) is 12. The number of carbonyl (C=O) groups is 6. The third-order valence-corrected chi connectivity index (χ3v) is 11.4. The molecule has 0 aliphatic heterocycles. The van der Waals surface area contributed by atoms with E-state index in [-0.39, 0.29) is 56.8 Å². The smallest absolute Gasteiger partial charge is 0.326 e. The lowest BCUT2D eigenvalue weighted by Gasteiger charge is -2.27. The summed E-state index contributed by atoms with van der Waals surface area (Å²) in [4.78, 5) is 90.8. The SMILES string of the molecule is NCCCC[C@H](N)C(=O)N[C@@H](CCCN=C(N)N)C(=O)N[C@@H](Cc1c[nH]c2ccccc12)C(=O)N[C@@H](Cc1ccccc1)C(=O)N[C@@H](Cc1ccccc1)C(=O)N[C@@H](Cc1ccc(O)cc1)C(=O)O. The van der Waals surface area contributed by atoms with Gasteiger partial charge in [0, 0.05) is 49.3 Å². The summed E-state index contributed by atoms with van der Waals surface area (Å²) in [5, 5.41) is 34.4. The molecule has 19 heteroatoms. The number of unbranched alkanes of at least 4 members (excludes halogenated alkanes) is 1. The number of aromatic hydroxyl groups is 1. The highest BCUT2D eigenvalue weighted by Crippen LogP contribution is 2.20. The van der Waals surface area contributed by atoms with Gasteiger partial charge in [-0.25, -0.2) is 4.79 Å². The number of aliphatic carboxylic acids is 1. The van der Waals surface area contributed by atoms with Gasteiger partial charge in [-0.3, -0.25) is 29.0 Å². The van der Waals surface area contributed by atoms with Crippen LogP contribution in [0.25, 0.3) is 10.9 Å². The Morgan fingerprint density at radius 1 is 0.551 bits per heavy atom. The van der Waals surface area contributed by atoms with E-state index >= 15 is 0 Å². The number of fused-ring (bicyclic) bond motifs is 1. The molecule has 0 bridgehead atoms. The number of hydrogen-bond acceptors (Lipinski definition) is 10. The maximum atomic E-state index is 14.8. The number of benzene rings is 4. The third-order valence-electron chi connectivity index (χ3n) is 11.4. The van der Waals surface area contributed by atoms with Crippen LogP contribution in [0.5, 0.6) is 5.75 Å². The van der Waals surface area contributed by atoms with Crippen molar-refractivity contribution in [1.29, 1.82) is 0 Å². The molecule has 0 saturated carbocycles. The molecule has 4 aromatic carbocycles. The highest BCUT2D eigenvalue weighted by Gasteiger charge is 2.34. The van der Waals surface area contributed by atoms with E-state index in [4.69, 9.17) is 22.9 Å². The number of carboxylic acid groups (broad SMARTS) is 1. The van der Waals surface area contributed by atoms with Crippen LogP contribution in [-0.4, -0.2) is 106 Å². The number of carboxylic acids is 1. The Hall–Kier alpha value is -7.77. The molecule has 5 amide bonds. The average molecular weight is 946 g/mol. The summed E-state index contributed by atoms with van der Waals surface area (Å²) in [6.07, 6.45) is 3.40. The number of nitrogens with one attached hydrogen (secondary N) is 6. The fourth-order valence-corrected chi connectivity index (χ4v) is 7.70. The van der Waals surface area contributed by atoms with Crippen LogP contribution in [0.2, 0.25) is 0 Å². The Morgan fingerprint density at radius 2 is 1.03 bits per heavy atom. The minimum absolute atomic E-state index is 0.0108. The Labute approximate surface area is 400 Å². The molecule has 69 heavy (non-hydrogen) atoms. The molecule has 0 aliphatic rings. The van der Waals surface area contributed by atoms with Crippen molar-refractivity contribution in [2.24, 2.45) is 27.9 Å². The summed E-state index contributed by atoms with van der Waals surface area (Å²) in [6, 6.07) is 23.5. The zero-order valence-electron chi connectivity index (χ0n) is 38.3. The Kier molecular flexibility index (Phi) is 20.1. The number of aromatic amines is 1. The van der Waals surface area contributed by atoms with Crippen molar-refractivity contribution < 1.29 is 39.0 Å². The van der Waals surface area contributed by atoms with Crippen molar-refractivity contribution in [2.75, 3.05) is 13.1 Å². The molecule has 0 aliphatic carbocycles. The number of nitrogens with two attached hydrogens (primary N) is 4. The molecular weight excluding hydrogens is 883 g/mol. The lowest BCUT2D eigenvalue weighted by atomic mass is 10.00. The Balaban J connectivity index is 1.45. The molecule has 5 aromatic rings. The van der Waals surface area contributed by atoms with Crippen LogP contribution in [0.3, 0.4) is 0 Å². The molecule has 5 rings (SSSR count). The highest BCUT2D eigenvalue weighted by molar-refractivity contribution is 5.97. The minimum Gasteiger partial charge on any atom is -0.508 e. The van der Waals surface area contributed by atoms with E-state index in [0.29, 0.717) is 48.1 Å². The summed E-state index contributed by atoms with van der Waals surface area (Å²) in [5.41, 5.74) is 26.2. The van der Waals surface area contributed by atoms with E-state index in [0.717, 1.165) is 10.9 Å². The summed E-state index contributed by atoms with van der Waals surface area (Å²) < 4.78 is 0. The van der Waals surface area contributed by atoms with Crippen LogP contribution in [-0.2, 0) is 54.5 Å². The number of guanidine groups is 1. The second-order valence-corrected chi connectivity index (χ2v) is 16.8. The first-order valence-electron chi connectivity index (χ1n) is 22.9. The molecule has 6 atom stereocenters. The van der Waals surface area contributed by atoms with Crippen LogP contribution in [0.1, 0.15) is 54.4 Å². The van der Waals surface area contributed by atoms with Gasteiger partial charge in [0.25, 0.3) is 0 Å². The first kappa shape index (κ1) is 52.2. The fourth-order valence-electron chi connectivity index (χ4n) is 7.70. The van der Waals surface area contributed by atoms with Gasteiger partial charge in [0.2, 0.25) is 29.5 Å². The third kappa shape index (κ3) is 16.8. The normalized spacial score (nSPS) is 13.7. The van der Waals surface area contributed by atoms with Crippen molar-refractivity contribution >= 4 is 52.4 Å². The van der Waals surface area contributed by atoms with E-state index in [1.807, 2.05) is 24.3 Å². The number of aliphatic imine (C=N–C) groups is 1. The monoisotopic (exact) mass is 945 g/mol. The van der Waals surface area contributed by atoms with Crippen LogP contribution in [0.15, 0.2) is 120 Å². The lowest BCUT2D eigenvalue weighted by molar-refractivity contribution is -0.142. The second kappa shape index (κ2) is 26.5. The van der Waals surface area contributed by atoms with Gasteiger partial charge >= 0.3 is 5.97 Å². The molecule has 0 unspecified atom stereocenters. The number of phenolic OH excluding ortho intramolecular Hbond substituents is 1. The first-order chi connectivity index (χ1) is 33.2. The van der Waals surface area contributed by atoms with Crippen molar-refractivity contribution in [3.05, 3.63) is 138 Å². The van der Waals surface area contributed by atoms with Crippen molar-refractivity contribution in [1.82, 2.24) is 31.6 Å². The van der Waals surface area contributed by atoms with Gasteiger partial charge in [-0.05, 0) is 72.7 Å². The van der Waals surface area contributed by atoms with E-state index in [9.17, 15) is 39.0 Å². The van der Waals surface area contributed by atoms with Crippen LogP contribution < -0.4 is 49.5 Å². The number of para-hydroxylation sites is 1. The van der Waals surface area contributed by atoms with Crippen LogP contribution >= 0.6 is 0 Å². The number of aromatic nitrogens is 1. The predicted octanol–water partition coefficient (Wildman–Crippen LogP) is 1.16. The maximum absolute atomic E-state index is 14.8. The van der Waals surface area contributed by atoms with Crippen molar-refractivity contribution in [3.63, 3.8) is 0 Å². The van der Waals surface area contributed by atoms with Crippen LogP contribution in [0.4, 0.5) is 0 Å². The number of nitrogens with zero attached hydrogens (tertiary/aromatic N) is 1. The molecule has 0 fully saturated rings. The van der Waals surface area contributed by atoms with Crippen molar-refractivity contribution in [3.8, 4) is 5.75 Å². The molecule has 19 nitrogen and oxygen atoms in total. The molecule has 1 aromatic heterocycles. The van der Waals surface area contributed by atoms with Gasteiger partial charge < -0.3 is 64.7 Å². The number of H-pyrrole nitrogens is 1. The number of rotatable bonds is 27. The molecule has 1 heterocycles. The van der Waals surface area contributed by atoms with E-state index in [1.165, 1.54) is 12.1 Å². The van der Waals surface area contributed by atoms with Gasteiger partial charge in [-0.15, -0.1) is 0 Å². The summed E-state index contributed by atoms with van der Waals surface area (Å²) in [5.74, 6) is -5.06. The maximum Gasteiger partial charge on any atom is 0.326 e. The molecular formula is C50H63N11O8. The van der Waals surface area contributed by atoms with Gasteiger partial charge in [-0.2, -0.15) is 0 Å². The van der Waals surface area contributed by atoms with E-state index in [2.05, 4.69) is 36.6 Å². The second-order valence-electron chi connectivity index (χ2n) is 16.8. The quantitative estimate of drug-likeness (QED) is 0.0201. The summed E-state index contributed by atoms with van der Waals surface area (Å²) in [7, 11) is 0. The molecule has 366 valence electrons. The number of phenols is 1. The largest absolute Gasteiger partial charge is 0.508 e. The van der Waals surface area contributed by atoms with Crippen molar-refractivity contribution in [2.45, 2.75) is 94.0 Å². The van der Waals surface area contributed by atoms with Gasteiger partial charge in [0.05, 0.1) is 6.04 Å². The Bertz CT molecular complexity index is 2500. The minimum atomic E-state index is -1.40. The number of carbonyl (C=O) groups excluding carboxylic acids is 5.